The summed E-state index contributed by atoms with van der Waals surface area (Å²) >= 11 is 0. The second-order valence-electron chi connectivity index (χ2n) is 11.2. The standard InChI is InChI=1S/C28H39N7O2/c1-19-15-20(2)25-21(16-19)17-24(28(36)29-25)26(27-30-31-32-35(27)18-23-9-6-14-37-23)34-12-10-33(11-13-34)22-7-4-3-5-8-22/h15-17,22-23,26H,3-14,18H2,1-2H3,(H,29,36)/t23-,26+/m0/s1. The number of hydrogen-bond acceptors (Lipinski definition) is 7. The van der Waals surface area contributed by atoms with Crippen LogP contribution in [-0.2, 0) is 11.3 Å². The first-order valence-electron chi connectivity index (χ1n) is 14.1. The molecule has 0 unspecified atom stereocenters. The molecular formula is C28H39N7O2. The fraction of sp³-hybridized carbons (Fsp3) is 0.643. The molecule has 1 aromatic carbocycles. The Balaban J connectivity index is 1.36. The van der Waals surface area contributed by atoms with Crippen molar-refractivity contribution in [3.05, 3.63) is 51.1 Å². The summed E-state index contributed by atoms with van der Waals surface area (Å²) in [6, 6.07) is 6.72. The summed E-state index contributed by atoms with van der Waals surface area (Å²) in [5, 5.41) is 14.0. The van der Waals surface area contributed by atoms with E-state index in [0.717, 1.165) is 67.9 Å². The van der Waals surface area contributed by atoms with Crippen LogP contribution in [0.4, 0.5) is 0 Å². The molecule has 4 heterocycles. The van der Waals surface area contributed by atoms with Crippen LogP contribution in [0.2, 0.25) is 0 Å². The SMILES string of the molecule is Cc1cc(C)c2[nH]c(=O)c([C@H](c3nnnn3C[C@@H]3CCCO3)N3CCN(C4CCCCC4)CC3)cc2c1. The Labute approximate surface area is 218 Å². The molecule has 1 saturated carbocycles. The van der Waals surface area contributed by atoms with E-state index >= 15 is 0 Å². The molecule has 0 amide bonds. The van der Waals surface area contributed by atoms with E-state index in [4.69, 9.17) is 4.74 Å². The summed E-state index contributed by atoms with van der Waals surface area (Å²) in [5.41, 5.74) is 3.82. The molecule has 6 rings (SSSR count). The van der Waals surface area contributed by atoms with E-state index in [-0.39, 0.29) is 17.7 Å². The Morgan fingerprint density at radius 3 is 2.59 bits per heavy atom. The largest absolute Gasteiger partial charge is 0.376 e. The number of tetrazole rings is 1. The molecule has 3 aromatic rings. The van der Waals surface area contributed by atoms with Gasteiger partial charge in [-0.05, 0) is 73.0 Å². The van der Waals surface area contributed by atoms with Crippen molar-refractivity contribution >= 4 is 10.9 Å². The third-order valence-corrected chi connectivity index (χ3v) is 8.63. The number of aryl methyl sites for hydroxylation is 2. The number of nitrogens with one attached hydrogen (secondary N) is 1. The third kappa shape index (κ3) is 5.09. The number of rotatable bonds is 6. The summed E-state index contributed by atoms with van der Waals surface area (Å²) in [7, 11) is 0. The number of piperazine rings is 1. The van der Waals surface area contributed by atoms with Crippen LogP contribution in [0.1, 0.15) is 73.5 Å². The van der Waals surface area contributed by atoms with Gasteiger partial charge in [0.2, 0.25) is 0 Å². The Hall–Kier alpha value is -2.62. The maximum atomic E-state index is 13.6. The first-order valence-corrected chi connectivity index (χ1v) is 14.1. The van der Waals surface area contributed by atoms with Crippen molar-refractivity contribution in [3.63, 3.8) is 0 Å². The summed E-state index contributed by atoms with van der Waals surface area (Å²) < 4.78 is 7.77. The zero-order chi connectivity index (χ0) is 25.4. The molecular weight excluding hydrogens is 466 g/mol. The number of hydrogen-bond donors (Lipinski definition) is 1. The predicted molar refractivity (Wildman–Crippen MR) is 143 cm³/mol. The minimum Gasteiger partial charge on any atom is -0.376 e. The number of fused-ring (bicyclic) bond motifs is 1. The van der Waals surface area contributed by atoms with Crippen LogP contribution in [0.5, 0.6) is 0 Å². The second kappa shape index (κ2) is 10.6. The average Bonchev–Trinajstić information content (AvgIpc) is 3.59. The van der Waals surface area contributed by atoms with Gasteiger partial charge in [0.15, 0.2) is 5.82 Å². The van der Waals surface area contributed by atoms with Crippen molar-refractivity contribution in [1.29, 1.82) is 0 Å². The van der Waals surface area contributed by atoms with E-state index < -0.39 is 0 Å². The molecule has 9 heteroatoms. The highest BCUT2D eigenvalue weighted by Crippen LogP contribution is 2.31. The molecule has 3 aliphatic rings. The first kappa shape index (κ1) is 24.7. The van der Waals surface area contributed by atoms with Crippen molar-refractivity contribution in [2.75, 3.05) is 32.8 Å². The first-order chi connectivity index (χ1) is 18.1. The monoisotopic (exact) mass is 505 g/mol. The molecule has 198 valence electrons. The molecule has 3 fully saturated rings. The van der Waals surface area contributed by atoms with Gasteiger partial charge >= 0.3 is 0 Å². The predicted octanol–water partition coefficient (Wildman–Crippen LogP) is 3.35. The maximum absolute atomic E-state index is 13.6. The normalized spacial score (nSPS) is 23.1. The molecule has 0 spiro atoms. The molecule has 37 heavy (non-hydrogen) atoms. The number of aromatic amines is 1. The van der Waals surface area contributed by atoms with E-state index in [1.165, 1.54) is 37.7 Å². The molecule has 0 bridgehead atoms. The van der Waals surface area contributed by atoms with Crippen LogP contribution >= 0.6 is 0 Å². The van der Waals surface area contributed by atoms with Crippen LogP contribution in [0.3, 0.4) is 0 Å². The molecule has 2 aromatic heterocycles. The molecule has 2 aliphatic heterocycles. The lowest BCUT2D eigenvalue weighted by Crippen LogP contribution is -2.52. The number of aromatic nitrogens is 5. The van der Waals surface area contributed by atoms with Crippen molar-refractivity contribution < 1.29 is 4.74 Å². The average molecular weight is 506 g/mol. The molecule has 9 nitrogen and oxygen atoms in total. The topological polar surface area (TPSA) is 92.2 Å². The lowest BCUT2D eigenvalue weighted by Gasteiger charge is -2.43. The van der Waals surface area contributed by atoms with Gasteiger partial charge in [0.05, 0.1) is 18.2 Å². The quantitative estimate of drug-likeness (QED) is 0.549. The van der Waals surface area contributed by atoms with Crippen LogP contribution in [0.15, 0.2) is 23.0 Å². The van der Waals surface area contributed by atoms with Crippen LogP contribution in [-0.4, -0.2) is 79.9 Å². The Bertz CT molecular complexity index is 1280. The van der Waals surface area contributed by atoms with Gasteiger partial charge in [-0.2, -0.15) is 0 Å². The van der Waals surface area contributed by atoms with Gasteiger partial charge < -0.3 is 9.72 Å². The van der Waals surface area contributed by atoms with Gasteiger partial charge in [0, 0.05) is 44.4 Å². The number of ether oxygens (including phenoxy) is 1. The van der Waals surface area contributed by atoms with Gasteiger partial charge in [-0.25, -0.2) is 4.68 Å². The summed E-state index contributed by atoms with van der Waals surface area (Å²) in [6.45, 7) is 9.35. The van der Waals surface area contributed by atoms with Crippen LogP contribution < -0.4 is 5.56 Å². The summed E-state index contributed by atoms with van der Waals surface area (Å²) in [4.78, 5) is 21.9. The maximum Gasteiger partial charge on any atom is 0.253 e. The van der Waals surface area contributed by atoms with Crippen molar-refractivity contribution in [2.24, 2.45) is 0 Å². The molecule has 2 saturated heterocycles. The Kier molecular flexibility index (Phi) is 7.10. The zero-order valence-electron chi connectivity index (χ0n) is 22.2. The van der Waals surface area contributed by atoms with E-state index in [9.17, 15) is 4.79 Å². The van der Waals surface area contributed by atoms with Gasteiger partial charge in [-0.3, -0.25) is 14.6 Å². The van der Waals surface area contributed by atoms with Crippen LogP contribution in [0, 0.1) is 13.8 Å². The third-order valence-electron chi connectivity index (χ3n) is 8.63. The van der Waals surface area contributed by atoms with E-state index in [0.29, 0.717) is 18.2 Å². The number of benzene rings is 1. The lowest BCUT2D eigenvalue weighted by molar-refractivity contribution is 0.0593. The number of nitrogens with zero attached hydrogens (tertiary/aromatic N) is 6. The van der Waals surface area contributed by atoms with Gasteiger partial charge in [-0.15, -0.1) is 5.10 Å². The fourth-order valence-electron chi connectivity index (χ4n) is 6.73. The Morgan fingerprint density at radius 2 is 1.84 bits per heavy atom. The fourth-order valence-corrected chi connectivity index (χ4v) is 6.73. The number of pyridine rings is 1. The van der Waals surface area contributed by atoms with Crippen molar-refractivity contribution in [3.8, 4) is 0 Å². The van der Waals surface area contributed by atoms with Gasteiger partial charge in [0.1, 0.15) is 6.04 Å². The molecule has 2 atom stereocenters. The minimum absolute atomic E-state index is 0.0640. The van der Waals surface area contributed by atoms with Gasteiger partial charge in [-0.1, -0.05) is 30.9 Å². The highest BCUT2D eigenvalue weighted by atomic mass is 16.5. The van der Waals surface area contributed by atoms with E-state index in [1.54, 1.807) is 0 Å². The number of H-pyrrole nitrogens is 1. The smallest absolute Gasteiger partial charge is 0.253 e. The Morgan fingerprint density at radius 1 is 1.03 bits per heavy atom. The van der Waals surface area contributed by atoms with E-state index in [2.05, 4.69) is 62.4 Å². The van der Waals surface area contributed by atoms with E-state index in [1.807, 2.05) is 4.68 Å². The molecule has 1 N–H and O–H groups in total. The molecule has 1 aliphatic carbocycles. The summed E-state index contributed by atoms with van der Waals surface area (Å²) in [5.74, 6) is 0.732. The molecule has 0 radical (unpaired) electrons. The van der Waals surface area contributed by atoms with Crippen molar-refractivity contribution in [1.82, 2.24) is 35.0 Å². The zero-order valence-corrected chi connectivity index (χ0v) is 22.2. The highest BCUT2D eigenvalue weighted by molar-refractivity contribution is 5.83. The van der Waals surface area contributed by atoms with Crippen molar-refractivity contribution in [2.45, 2.75) is 83.5 Å². The van der Waals surface area contributed by atoms with Crippen LogP contribution in [0.25, 0.3) is 10.9 Å². The second-order valence-corrected chi connectivity index (χ2v) is 11.2. The lowest BCUT2D eigenvalue weighted by atomic mass is 9.93. The minimum atomic E-state index is -0.307. The highest BCUT2D eigenvalue weighted by Gasteiger charge is 2.35. The summed E-state index contributed by atoms with van der Waals surface area (Å²) in [6.07, 6.45) is 8.88. The van der Waals surface area contributed by atoms with Gasteiger partial charge in [0.25, 0.3) is 5.56 Å².